The summed E-state index contributed by atoms with van der Waals surface area (Å²) in [6, 6.07) is 12.4. The molecule has 5 rings (SSSR count). The van der Waals surface area contributed by atoms with Crippen LogP contribution in [0.4, 0.5) is 0 Å². The normalized spacial score (nSPS) is 20.7. The van der Waals surface area contributed by atoms with Crippen molar-refractivity contribution in [2.24, 2.45) is 0 Å². The van der Waals surface area contributed by atoms with Gasteiger partial charge in [-0.3, -0.25) is 9.59 Å². The van der Waals surface area contributed by atoms with Gasteiger partial charge in [-0.15, -0.1) is 0 Å². The largest absolute Gasteiger partial charge is 0.497 e. The summed E-state index contributed by atoms with van der Waals surface area (Å²) in [6.07, 6.45) is 1.83. The second kappa shape index (κ2) is 7.29. The zero-order valence-electron chi connectivity index (χ0n) is 17.0. The zero-order valence-corrected chi connectivity index (χ0v) is 17.0. The van der Waals surface area contributed by atoms with Crippen molar-refractivity contribution in [1.29, 1.82) is 0 Å². The molecule has 6 heteroatoms. The second-order valence-electron chi connectivity index (χ2n) is 7.95. The molecule has 3 heterocycles. The van der Waals surface area contributed by atoms with Gasteiger partial charge in [-0.1, -0.05) is 23.8 Å². The van der Waals surface area contributed by atoms with E-state index in [4.69, 9.17) is 13.9 Å². The Morgan fingerprint density at radius 3 is 2.80 bits per heavy atom. The lowest BCUT2D eigenvalue weighted by molar-refractivity contribution is 0.0486. The molecule has 3 aromatic rings. The van der Waals surface area contributed by atoms with E-state index in [9.17, 15) is 9.59 Å². The third kappa shape index (κ3) is 2.99. The molecule has 0 radical (unpaired) electrons. The average molecular weight is 405 g/mol. The quantitative estimate of drug-likeness (QED) is 0.660. The summed E-state index contributed by atoms with van der Waals surface area (Å²) in [5.41, 5.74) is 2.45. The molecule has 2 aromatic carbocycles. The summed E-state index contributed by atoms with van der Waals surface area (Å²) >= 11 is 0. The number of carbonyl (C=O) groups is 1. The highest BCUT2D eigenvalue weighted by atomic mass is 16.5. The predicted octanol–water partition coefficient (Wildman–Crippen LogP) is 3.83. The van der Waals surface area contributed by atoms with Gasteiger partial charge in [0.15, 0.2) is 5.43 Å². The van der Waals surface area contributed by atoms with Gasteiger partial charge >= 0.3 is 0 Å². The number of fused-ring (bicyclic) bond motifs is 2. The highest BCUT2D eigenvalue weighted by molar-refractivity contribution is 5.99. The summed E-state index contributed by atoms with van der Waals surface area (Å²) in [5.74, 6) is 0.529. The summed E-state index contributed by atoms with van der Waals surface area (Å²) in [4.78, 5) is 28.6. The minimum atomic E-state index is -0.534. The van der Waals surface area contributed by atoms with E-state index < -0.39 is 6.04 Å². The maximum Gasteiger partial charge on any atom is 0.291 e. The van der Waals surface area contributed by atoms with Crippen LogP contribution in [-0.2, 0) is 4.74 Å². The lowest BCUT2D eigenvalue weighted by atomic mass is 9.97. The van der Waals surface area contributed by atoms with Crippen molar-refractivity contribution in [3.63, 3.8) is 0 Å². The molecule has 1 aromatic heterocycles. The van der Waals surface area contributed by atoms with E-state index in [-0.39, 0.29) is 23.2 Å². The SMILES string of the molecule is COc1cccc([C@H]2c3c(oc4ccc(C)cc4c3=O)C(=O)N2C[C@H]2CCCO2)c1. The first-order valence-electron chi connectivity index (χ1n) is 10.2. The van der Waals surface area contributed by atoms with Crippen LogP contribution in [0.2, 0.25) is 0 Å². The molecule has 6 nitrogen and oxygen atoms in total. The Morgan fingerprint density at radius 2 is 2.03 bits per heavy atom. The van der Waals surface area contributed by atoms with E-state index in [1.54, 1.807) is 18.1 Å². The van der Waals surface area contributed by atoms with Crippen LogP contribution < -0.4 is 10.2 Å². The standard InChI is InChI=1S/C24H23NO5/c1-14-8-9-19-18(11-14)22(26)20-21(15-5-3-6-16(12-15)28-2)25(24(27)23(20)30-19)13-17-7-4-10-29-17/h3,5-6,8-9,11-12,17,21H,4,7,10,13H2,1-2H3/t17-,21+/m1/s1. The number of methoxy groups -OCH3 is 1. The van der Waals surface area contributed by atoms with Crippen LogP contribution in [-0.4, -0.2) is 37.2 Å². The summed E-state index contributed by atoms with van der Waals surface area (Å²) in [6.45, 7) is 3.05. The molecule has 0 aliphatic carbocycles. The molecule has 2 aliphatic heterocycles. The minimum absolute atomic E-state index is 0.0388. The first-order chi connectivity index (χ1) is 14.6. The van der Waals surface area contributed by atoms with Crippen molar-refractivity contribution >= 4 is 16.9 Å². The van der Waals surface area contributed by atoms with E-state index in [0.717, 1.165) is 24.0 Å². The summed E-state index contributed by atoms with van der Waals surface area (Å²) in [7, 11) is 1.60. The molecule has 1 fully saturated rings. The first-order valence-corrected chi connectivity index (χ1v) is 10.2. The van der Waals surface area contributed by atoms with Crippen molar-refractivity contribution in [2.75, 3.05) is 20.3 Å². The molecule has 0 N–H and O–H groups in total. The van der Waals surface area contributed by atoms with E-state index in [1.165, 1.54) is 0 Å². The van der Waals surface area contributed by atoms with Gasteiger partial charge in [-0.25, -0.2) is 0 Å². The maximum atomic E-state index is 13.5. The maximum absolute atomic E-state index is 13.5. The van der Waals surface area contributed by atoms with Crippen LogP contribution in [0.25, 0.3) is 11.0 Å². The smallest absolute Gasteiger partial charge is 0.291 e. The number of benzene rings is 2. The van der Waals surface area contributed by atoms with Gasteiger partial charge in [0.25, 0.3) is 5.91 Å². The van der Waals surface area contributed by atoms with Crippen LogP contribution in [0, 0.1) is 6.92 Å². The predicted molar refractivity (Wildman–Crippen MR) is 112 cm³/mol. The topological polar surface area (TPSA) is 69.0 Å². The van der Waals surface area contributed by atoms with Crippen molar-refractivity contribution in [1.82, 2.24) is 4.90 Å². The number of nitrogens with zero attached hydrogens (tertiary/aromatic N) is 1. The van der Waals surface area contributed by atoms with E-state index >= 15 is 0 Å². The molecule has 154 valence electrons. The Labute approximate surface area is 174 Å². The fourth-order valence-corrected chi connectivity index (χ4v) is 4.49. The van der Waals surface area contributed by atoms with Gasteiger partial charge in [-0.2, -0.15) is 0 Å². The molecule has 0 saturated carbocycles. The van der Waals surface area contributed by atoms with Crippen LogP contribution >= 0.6 is 0 Å². The molecule has 0 spiro atoms. The number of hydrogen-bond acceptors (Lipinski definition) is 5. The molecule has 1 amide bonds. The summed E-state index contributed by atoms with van der Waals surface area (Å²) < 4.78 is 17.2. The monoisotopic (exact) mass is 405 g/mol. The van der Waals surface area contributed by atoms with E-state index in [1.807, 2.05) is 43.3 Å². The van der Waals surface area contributed by atoms with Crippen molar-refractivity contribution in [3.8, 4) is 5.75 Å². The van der Waals surface area contributed by atoms with Gasteiger partial charge < -0.3 is 18.8 Å². The van der Waals surface area contributed by atoms with Gasteiger partial charge in [0.05, 0.1) is 30.2 Å². The van der Waals surface area contributed by atoms with Crippen LogP contribution in [0.5, 0.6) is 5.75 Å². The average Bonchev–Trinajstić information content (AvgIpc) is 3.36. The van der Waals surface area contributed by atoms with Crippen LogP contribution in [0.15, 0.2) is 51.7 Å². The van der Waals surface area contributed by atoms with Gasteiger partial charge in [0.2, 0.25) is 5.76 Å². The van der Waals surface area contributed by atoms with E-state index in [2.05, 4.69) is 0 Å². The highest BCUT2D eigenvalue weighted by Crippen LogP contribution is 2.39. The van der Waals surface area contributed by atoms with Crippen molar-refractivity contribution < 1.29 is 18.7 Å². The van der Waals surface area contributed by atoms with E-state index in [0.29, 0.717) is 35.4 Å². The Bertz CT molecular complexity index is 1190. The number of rotatable bonds is 4. The number of ether oxygens (including phenoxy) is 2. The fourth-order valence-electron chi connectivity index (χ4n) is 4.49. The van der Waals surface area contributed by atoms with Crippen LogP contribution in [0.3, 0.4) is 0 Å². The molecule has 2 atom stereocenters. The third-order valence-corrected chi connectivity index (χ3v) is 5.96. The zero-order chi connectivity index (χ0) is 20.8. The van der Waals surface area contributed by atoms with Gasteiger partial charge in [0, 0.05) is 13.2 Å². The minimum Gasteiger partial charge on any atom is -0.497 e. The Kier molecular flexibility index (Phi) is 4.59. The Hall–Kier alpha value is -3.12. The van der Waals surface area contributed by atoms with Crippen molar-refractivity contribution in [3.05, 3.63) is 75.1 Å². The first kappa shape index (κ1) is 18.9. The highest BCUT2D eigenvalue weighted by Gasteiger charge is 2.44. The number of aryl methyl sites for hydroxylation is 1. The summed E-state index contributed by atoms with van der Waals surface area (Å²) in [5, 5.41) is 0.494. The number of hydrogen-bond donors (Lipinski definition) is 0. The van der Waals surface area contributed by atoms with Gasteiger partial charge in [-0.05, 0) is 49.6 Å². The Morgan fingerprint density at radius 1 is 1.17 bits per heavy atom. The van der Waals surface area contributed by atoms with Crippen molar-refractivity contribution in [2.45, 2.75) is 31.9 Å². The second-order valence-corrected chi connectivity index (χ2v) is 7.95. The Balaban J connectivity index is 1.71. The fraction of sp³-hybridized carbons (Fsp3) is 0.333. The molecule has 2 aliphatic rings. The van der Waals surface area contributed by atoms with Crippen LogP contribution in [0.1, 0.15) is 46.1 Å². The lowest BCUT2D eigenvalue weighted by Crippen LogP contribution is -2.36. The third-order valence-electron chi connectivity index (χ3n) is 5.96. The molecule has 0 bridgehead atoms. The molecule has 0 unspecified atom stereocenters. The number of amides is 1. The van der Waals surface area contributed by atoms with Gasteiger partial charge in [0.1, 0.15) is 11.3 Å². The molecular formula is C24H23NO5. The molecule has 1 saturated heterocycles. The molecule has 30 heavy (non-hydrogen) atoms. The number of carbonyl (C=O) groups excluding carboxylic acids is 1. The molecular weight excluding hydrogens is 382 g/mol. The lowest BCUT2D eigenvalue weighted by Gasteiger charge is -2.27.